The molecule has 0 bridgehead atoms. The molecule has 21 heavy (non-hydrogen) atoms. The van der Waals surface area contributed by atoms with Crippen LogP contribution in [0.2, 0.25) is 0 Å². The molecular weight excluding hydrogens is 266 g/mol. The van der Waals surface area contributed by atoms with Gasteiger partial charge < -0.3 is 20.1 Å². The molecule has 1 aromatic carbocycles. The summed E-state index contributed by atoms with van der Waals surface area (Å²) < 4.78 is 11.0. The highest BCUT2D eigenvalue weighted by atomic mass is 16.5. The predicted molar refractivity (Wildman–Crippen MR) is 84.7 cm³/mol. The quantitative estimate of drug-likeness (QED) is 0.875. The molecule has 3 rings (SSSR count). The Hall–Kier alpha value is -1.85. The van der Waals surface area contributed by atoms with Crippen LogP contribution >= 0.6 is 0 Å². The van der Waals surface area contributed by atoms with Crippen molar-refractivity contribution < 1.29 is 9.47 Å². The van der Waals surface area contributed by atoms with Crippen molar-refractivity contribution in [2.75, 3.05) is 37.9 Å². The fourth-order valence-electron chi connectivity index (χ4n) is 3.02. The minimum absolute atomic E-state index is 0.0885. The Labute approximate surface area is 124 Å². The van der Waals surface area contributed by atoms with E-state index < -0.39 is 0 Å². The second-order valence-corrected chi connectivity index (χ2v) is 5.50. The van der Waals surface area contributed by atoms with Gasteiger partial charge >= 0.3 is 0 Å². The van der Waals surface area contributed by atoms with Crippen molar-refractivity contribution in [3.8, 4) is 0 Å². The Morgan fingerprint density at radius 1 is 1.14 bits per heavy atom. The maximum atomic E-state index is 6.07. The van der Waals surface area contributed by atoms with Crippen molar-refractivity contribution in [1.29, 1.82) is 0 Å². The van der Waals surface area contributed by atoms with E-state index in [1.165, 1.54) is 0 Å². The first-order valence-electron chi connectivity index (χ1n) is 7.09. The van der Waals surface area contributed by atoms with E-state index in [-0.39, 0.29) is 12.2 Å². The number of nitrogens with zero attached hydrogens (tertiary/aromatic N) is 2. The molecule has 1 aromatic heterocycles. The number of pyridine rings is 1. The van der Waals surface area contributed by atoms with Gasteiger partial charge in [-0.05, 0) is 25.1 Å². The number of benzene rings is 1. The van der Waals surface area contributed by atoms with E-state index in [1.54, 1.807) is 14.2 Å². The molecule has 0 spiro atoms. The zero-order valence-corrected chi connectivity index (χ0v) is 12.7. The summed E-state index contributed by atoms with van der Waals surface area (Å²) in [5.41, 5.74) is 8.97. The number of ether oxygens (including phenoxy) is 2. The van der Waals surface area contributed by atoms with Crippen molar-refractivity contribution in [2.24, 2.45) is 0 Å². The molecule has 1 saturated heterocycles. The maximum Gasteiger partial charge on any atom is 0.102 e. The maximum absolute atomic E-state index is 6.07. The standard InChI is InChI=1S/C16H21N3O2/c1-10-6-11-12(7-18-10)13(17)4-5-14(11)19-8-15(20-2)16(9-19)21-3/h4-7,15-16H,8-9,17H2,1-3H3. The first kappa shape index (κ1) is 14.1. The Morgan fingerprint density at radius 3 is 2.43 bits per heavy atom. The van der Waals surface area contributed by atoms with Gasteiger partial charge in [-0.25, -0.2) is 0 Å². The summed E-state index contributed by atoms with van der Waals surface area (Å²) in [7, 11) is 3.46. The number of methoxy groups -OCH3 is 2. The minimum atomic E-state index is 0.0885. The highest BCUT2D eigenvalue weighted by molar-refractivity contribution is 6.01. The summed E-state index contributed by atoms with van der Waals surface area (Å²) in [6.07, 6.45) is 2.03. The van der Waals surface area contributed by atoms with Gasteiger partial charge in [0, 0.05) is 61.3 Å². The van der Waals surface area contributed by atoms with Crippen LogP contribution in [0.25, 0.3) is 10.8 Å². The SMILES string of the molecule is COC1CN(c2ccc(N)c3cnc(C)cc23)CC1OC. The molecule has 0 aliphatic carbocycles. The third kappa shape index (κ3) is 2.43. The second-order valence-electron chi connectivity index (χ2n) is 5.50. The monoisotopic (exact) mass is 287 g/mol. The number of aromatic nitrogens is 1. The van der Waals surface area contributed by atoms with Gasteiger partial charge in [0.2, 0.25) is 0 Å². The summed E-state index contributed by atoms with van der Waals surface area (Å²) in [4.78, 5) is 6.65. The average molecular weight is 287 g/mol. The van der Waals surface area contributed by atoms with Crippen molar-refractivity contribution in [3.05, 3.63) is 30.1 Å². The van der Waals surface area contributed by atoms with Crippen LogP contribution < -0.4 is 10.6 Å². The Morgan fingerprint density at radius 2 is 1.81 bits per heavy atom. The van der Waals surface area contributed by atoms with Crippen molar-refractivity contribution in [2.45, 2.75) is 19.1 Å². The average Bonchev–Trinajstić information content (AvgIpc) is 2.90. The smallest absolute Gasteiger partial charge is 0.102 e. The lowest BCUT2D eigenvalue weighted by atomic mass is 10.1. The lowest BCUT2D eigenvalue weighted by Gasteiger charge is -2.21. The highest BCUT2D eigenvalue weighted by Crippen LogP contribution is 2.33. The first-order valence-corrected chi connectivity index (χ1v) is 7.09. The molecule has 1 aliphatic heterocycles. The number of nitrogens with two attached hydrogens (primary N) is 1. The summed E-state index contributed by atoms with van der Waals surface area (Å²) >= 11 is 0. The topological polar surface area (TPSA) is 60.6 Å². The van der Waals surface area contributed by atoms with Crippen LogP contribution in [0.5, 0.6) is 0 Å². The Bertz CT molecular complexity index is 647. The zero-order chi connectivity index (χ0) is 15.0. The van der Waals surface area contributed by atoms with Crippen molar-refractivity contribution in [1.82, 2.24) is 4.98 Å². The molecule has 5 nitrogen and oxygen atoms in total. The molecule has 0 saturated carbocycles. The van der Waals surface area contributed by atoms with E-state index >= 15 is 0 Å². The molecule has 2 unspecified atom stereocenters. The summed E-state index contributed by atoms with van der Waals surface area (Å²) in [5, 5.41) is 2.13. The van der Waals surface area contributed by atoms with Gasteiger partial charge in [-0.1, -0.05) is 0 Å². The van der Waals surface area contributed by atoms with E-state index in [0.29, 0.717) is 0 Å². The van der Waals surface area contributed by atoms with Crippen LogP contribution in [0.1, 0.15) is 5.69 Å². The number of nitrogen functional groups attached to an aromatic ring is 1. The normalized spacial score (nSPS) is 22.1. The third-order valence-corrected chi connectivity index (χ3v) is 4.21. The Balaban J connectivity index is 2.05. The largest absolute Gasteiger partial charge is 0.398 e. The number of fused-ring (bicyclic) bond motifs is 1. The lowest BCUT2D eigenvalue weighted by molar-refractivity contribution is -0.00461. The molecule has 1 aliphatic rings. The number of anilines is 2. The van der Waals surface area contributed by atoms with Crippen molar-refractivity contribution in [3.63, 3.8) is 0 Å². The van der Waals surface area contributed by atoms with Crippen LogP contribution in [0.4, 0.5) is 11.4 Å². The summed E-state index contributed by atoms with van der Waals surface area (Å²) in [6.45, 7) is 3.62. The molecule has 2 aromatic rings. The van der Waals surface area contributed by atoms with Gasteiger partial charge in [-0.3, -0.25) is 4.98 Å². The van der Waals surface area contributed by atoms with Gasteiger partial charge in [-0.15, -0.1) is 0 Å². The van der Waals surface area contributed by atoms with Gasteiger partial charge in [-0.2, -0.15) is 0 Å². The van der Waals surface area contributed by atoms with Crippen molar-refractivity contribution >= 4 is 22.1 Å². The van der Waals surface area contributed by atoms with E-state index in [9.17, 15) is 0 Å². The van der Waals surface area contributed by atoms with Crippen LogP contribution in [0.15, 0.2) is 24.4 Å². The zero-order valence-electron chi connectivity index (χ0n) is 12.7. The molecule has 2 heterocycles. The van der Waals surface area contributed by atoms with Crippen LogP contribution in [-0.4, -0.2) is 44.5 Å². The van der Waals surface area contributed by atoms with Gasteiger partial charge in [0.15, 0.2) is 0 Å². The summed E-state index contributed by atoms with van der Waals surface area (Å²) in [5.74, 6) is 0. The lowest BCUT2D eigenvalue weighted by Crippen LogP contribution is -2.27. The van der Waals surface area contributed by atoms with Crippen LogP contribution in [-0.2, 0) is 9.47 Å². The Kier molecular flexibility index (Phi) is 3.69. The van der Waals surface area contributed by atoms with Crippen LogP contribution in [0.3, 0.4) is 0 Å². The molecule has 5 heteroatoms. The minimum Gasteiger partial charge on any atom is -0.398 e. The molecule has 2 atom stereocenters. The van der Waals surface area contributed by atoms with Gasteiger partial charge in [0.1, 0.15) is 12.2 Å². The number of hydrogen-bond donors (Lipinski definition) is 1. The molecule has 0 radical (unpaired) electrons. The fraction of sp³-hybridized carbons (Fsp3) is 0.438. The molecular formula is C16H21N3O2. The summed E-state index contributed by atoms with van der Waals surface area (Å²) in [6, 6.07) is 6.10. The van der Waals surface area contributed by atoms with Crippen LogP contribution in [0, 0.1) is 6.92 Å². The third-order valence-electron chi connectivity index (χ3n) is 4.21. The van der Waals surface area contributed by atoms with Gasteiger partial charge in [0.25, 0.3) is 0 Å². The molecule has 112 valence electrons. The van der Waals surface area contributed by atoms with E-state index in [0.717, 1.165) is 40.9 Å². The van der Waals surface area contributed by atoms with E-state index in [2.05, 4.69) is 22.0 Å². The van der Waals surface area contributed by atoms with E-state index in [1.807, 2.05) is 19.2 Å². The number of rotatable bonds is 3. The van der Waals surface area contributed by atoms with Gasteiger partial charge in [0.05, 0.1) is 0 Å². The predicted octanol–water partition coefficient (Wildman–Crippen LogP) is 1.98. The van der Waals surface area contributed by atoms with E-state index in [4.69, 9.17) is 15.2 Å². The fourth-order valence-corrected chi connectivity index (χ4v) is 3.02. The first-order chi connectivity index (χ1) is 10.1. The second kappa shape index (κ2) is 5.50. The number of hydrogen-bond acceptors (Lipinski definition) is 5. The molecule has 0 amide bonds. The molecule has 2 N–H and O–H groups in total. The highest BCUT2D eigenvalue weighted by Gasteiger charge is 2.33. The number of aryl methyl sites for hydroxylation is 1. The molecule has 1 fully saturated rings.